The van der Waals surface area contributed by atoms with Gasteiger partial charge < -0.3 is 15.2 Å². The molecule has 4 heteroatoms. The summed E-state index contributed by atoms with van der Waals surface area (Å²) in [5.41, 5.74) is 7.77. The van der Waals surface area contributed by atoms with Crippen LogP contribution in [-0.2, 0) is 0 Å². The number of rotatable bonds is 5. The van der Waals surface area contributed by atoms with Crippen LogP contribution in [0.3, 0.4) is 0 Å². The molecular weight excluding hydrogens is 238 g/mol. The second-order valence-corrected chi connectivity index (χ2v) is 4.01. The monoisotopic (exact) mass is 255 g/mol. The molecule has 0 bridgehead atoms. The molecule has 1 aromatic carbocycles. The fourth-order valence-corrected chi connectivity index (χ4v) is 1.86. The molecule has 0 fully saturated rings. The second-order valence-electron chi connectivity index (χ2n) is 3.60. The van der Waals surface area contributed by atoms with Gasteiger partial charge in [0.1, 0.15) is 0 Å². The number of halogens is 1. The number of hydrogen-bond acceptors (Lipinski definition) is 3. The van der Waals surface area contributed by atoms with E-state index in [2.05, 4.69) is 6.92 Å². The Morgan fingerprint density at radius 3 is 2.53 bits per heavy atom. The van der Waals surface area contributed by atoms with Crippen molar-refractivity contribution in [1.29, 1.82) is 0 Å². The molecule has 2 N–H and O–H groups in total. The normalized spacial score (nSPS) is 11.5. The highest BCUT2D eigenvalue weighted by molar-refractivity contribution is 6.32. The van der Waals surface area contributed by atoms with E-state index in [1.54, 1.807) is 14.2 Å². The largest absolute Gasteiger partial charge is 0.493 e. The molecule has 0 heterocycles. The van der Waals surface area contributed by atoms with E-state index in [9.17, 15) is 0 Å². The Morgan fingerprint density at radius 1 is 1.35 bits per heavy atom. The Hall–Kier alpha value is -1.19. The van der Waals surface area contributed by atoms with Crippen molar-refractivity contribution in [3.05, 3.63) is 28.3 Å². The zero-order valence-electron chi connectivity index (χ0n) is 10.4. The van der Waals surface area contributed by atoms with E-state index in [0.717, 1.165) is 17.6 Å². The molecule has 1 aromatic rings. The Balaban J connectivity index is 3.20. The maximum absolute atomic E-state index is 6.12. The highest BCUT2D eigenvalue weighted by Gasteiger charge is 2.09. The summed E-state index contributed by atoms with van der Waals surface area (Å²) >= 11 is 6.12. The summed E-state index contributed by atoms with van der Waals surface area (Å²) in [4.78, 5) is 0. The Labute approximate surface area is 107 Å². The molecule has 0 unspecified atom stereocenters. The van der Waals surface area contributed by atoms with Gasteiger partial charge in [0.05, 0.1) is 19.2 Å². The van der Waals surface area contributed by atoms with Gasteiger partial charge >= 0.3 is 0 Å². The van der Waals surface area contributed by atoms with E-state index in [0.29, 0.717) is 23.1 Å². The zero-order chi connectivity index (χ0) is 12.8. The number of nitrogens with two attached hydrogens (primary N) is 1. The summed E-state index contributed by atoms with van der Waals surface area (Å²) < 4.78 is 10.4. The highest BCUT2D eigenvalue weighted by atomic mass is 35.5. The van der Waals surface area contributed by atoms with Crippen molar-refractivity contribution in [2.45, 2.75) is 13.3 Å². The van der Waals surface area contributed by atoms with Gasteiger partial charge in [-0.25, -0.2) is 0 Å². The van der Waals surface area contributed by atoms with E-state index >= 15 is 0 Å². The molecule has 0 saturated heterocycles. The van der Waals surface area contributed by atoms with E-state index < -0.39 is 0 Å². The summed E-state index contributed by atoms with van der Waals surface area (Å²) in [6, 6.07) is 3.73. The Kier molecular flexibility index (Phi) is 5.32. The summed E-state index contributed by atoms with van der Waals surface area (Å²) in [6.45, 7) is 2.61. The third-order valence-corrected chi connectivity index (χ3v) is 2.82. The van der Waals surface area contributed by atoms with Gasteiger partial charge in [-0.2, -0.15) is 0 Å². The van der Waals surface area contributed by atoms with Gasteiger partial charge in [-0.3, -0.25) is 0 Å². The Morgan fingerprint density at radius 2 is 2.06 bits per heavy atom. The molecule has 0 aliphatic carbocycles. The Bertz CT molecular complexity index is 410. The lowest BCUT2D eigenvalue weighted by Crippen LogP contribution is -2.01. The topological polar surface area (TPSA) is 44.5 Å². The summed E-state index contributed by atoms with van der Waals surface area (Å²) in [6.07, 6.45) is 2.94. The number of ether oxygens (including phenoxy) is 2. The SMILES string of the molecule is CCC(=Cc1cc(Cl)c(OC)c(OC)c1)CN. The minimum absolute atomic E-state index is 0.533. The van der Waals surface area contributed by atoms with Gasteiger partial charge in [0.2, 0.25) is 0 Å². The van der Waals surface area contributed by atoms with E-state index in [4.69, 9.17) is 26.8 Å². The minimum Gasteiger partial charge on any atom is -0.493 e. The molecular formula is C13H18ClNO2. The number of methoxy groups -OCH3 is 2. The number of benzene rings is 1. The van der Waals surface area contributed by atoms with Gasteiger partial charge in [-0.05, 0) is 24.1 Å². The fourth-order valence-electron chi connectivity index (χ4n) is 1.56. The third-order valence-electron chi connectivity index (χ3n) is 2.54. The first-order valence-electron chi connectivity index (χ1n) is 5.47. The van der Waals surface area contributed by atoms with Crippen LogP contribution >= 0.6 is 11.6 Å². The molecule has 17 heavy (non-hydrogen) atoms. The predicted octanol–water partition coefficient (Wildman–Crippen LogP) is 3.11. The van der Waals surface area contributed by atoms with Gasteiger partial charge in [0.25, 0.3) is 0 Å². The van der Waals surface area contributed by atoms with Crippen molar-refractivity contribution < 1.29 is 9.47 Å². The van der Waals surface area contributed by atoms with Crippen molar-refractivity contribution in [3.63, 3.8) is 0 Å². The lowest BCUT2D eigenvalue weighted by Gasteiger charge is -2.11. The molecule has 0 saturated carbocycles. The van der Waals surface area contributed by atoms with E-state index in [1.165, 1.54) is 0 Å². The van der Waals surface area contributed by atoms with E-state index in [1.807, 2.05) is 18.2 Å². The molecule has 1 rings (SSSR count). The second kappa shape index (κ2) is 6.52. The summed E-state index contributed by atoms with van der Waals surface area (Å²) in [5, 5.41) is 0.533. The van der Waals surface area contributed by atoms with Crippen LogP contribution in [0, 0.1) is 0 Å². The average Bonchev–Trinajstić information content (AvgIpc) is 2.35. The van der Waals surface area contributed by atoms with Crippen LogP contribution < -0.4 is 15.2 Å². The molecule has 0 aliphatic rings. The molecule has 3 nitrogen and oxygen atoms in total. The van der Waals surface area contributed by atoms with E-state index in [-0.39, 0.29) is 0 Å². The molecule has 94 valence electrons. The van der Waals surface area contributed by atoms with Crippen LogP contribution in [0.1, 0.15) is 18.9 Å². The van der Waals surface area contributed by atoms with Gasteiger partial charge in [-0.1, -0.05) is 30.2 Å². The number of hydrogen-bond donors (Lipinski definition) is 1. The summed E-state index contributed by atoms with van der Waals surface area (Å²) in [5.74, 6) is 1.18. The molecule has 0 spiro atoms. The maximum Gasteiger partial charge on any atom is 0.179 e. The van der Waals surface area contributed by atoms with Crippen LogP contribution in [0.2, 0.25) is 5.02 Å². The van der Waals surface area contributed by atoms with Crippen molar-refractivity contribution in [2.24, 2.45) is 5.73 Å². The zero-order valence-corrected chi connectivity index (χ0v) is 11.2. The first-order chi connectivity index (χ1) is 8.15. The van der Waals surface area contributed by atoms with Gasteiger partial charge in [0.15, 0.2) is 11.5 Å². The first-order valence-corrected chi connectivity index (χ1v) is 5.85. The molecule has 0 aliphatic heterocycles. The lowest BCUT2D eigenvalue weighted by molar-refractivity contribution is 0.355. The van der Waals surface area contributed by atoms with Crippen molar-refractivity contribution in [2.75, 3.05) is 20.8 Å². The van der Waals surface area contributed by atoms with Crippen LogP contribution in [0.4, 0.5) is 0 Å². The third kappa shape index (κ3) is 3.38. The van der Waals surface area contributed by atoms with Crippen LogP contribution in [0.5, 0.6) is 11.5 Å². The molecule has 0 radical (unpaired) electrons. The molecule has 0 aromatic heterocycles. The fraction of sp³-hybridized carbons (Fsp3) is 0.385. The van der Waals surface area contributed by atoms with Crippen molar-refractivity contribution in [3.8, 4) is 11.5 Å². The van der Waals surface area contributed by atoms with Crippen LogP contribution in [0.15, 0.2) is 17.7 Å². The van der Waals surface area contributed by atoms with Crippen molar-refractivity contribution in [1.82, 2.24) is 0 Å². The molecule has 0 atom stereocenters. The highest BCUT2D eigenvalue weighted by Crippen LogP contribution is 2.36. The smallest absolute Gasteiger partial charge is 0.179 e. The van der Waals surface area contributed by atoms with Gasteiger partial charge in [0, 0.05) is 6.54 Å². The average molecular weight is 256 g/mol. The van der Waals surface area contributed by atoms with Crippen LogP contribution in [-0.4, -0.2) is 20.8 Å². The quantitative estimate of drug-likeness (QED) is 0.879. The lowest BCUT2D eigenvalue weighted by atomic mass is 10.1. The first kappa shape index (κ1) is 13.9. The maximum atomic E-state index is 6.12. The molecule has 0 amide bonds. The minimum atomic E-state index is 0.533. The van der Waals surface area contributed by atoms with Gasteiger partial charge in [-0.15, -0.1) is 0 Å². The van der Waals surface area contributed by atoms with Crippen LogP contribution in [0.25, 0.3) is 6.08 Å². The predicted molar refractivity (Wildman–Crippen MR) is 71.9 cm³/mol. The standard InChI is InChI=1S/C13H18ClNO2/c1-4-9(8-15)5-10-6-11(14)13(17-3)12(7-10)16-2/h5-7H,4,8,15H2,1-3H3. The summed E-state index contributed by atoms with van der Waals surface area (Å²) in [7, 11) is 3.15. The van der Waals surface area contributed by atoms with Crippen molar-refractivity contribution >= 4 is 17.7 Å².